The molecule has 3 heteroatoms. The highest BCUT2D eigenvalue weighted by atomic mass is 79.9. The Morgan fingerprint density at radius 3 is 2.76 bits per heavy atom. The van der Waals surface area contributed by atoms with Crippen LogP contribution < -0.4 is 4.90 Å². The third-order valence-corrected chi connectivity index (χ3v) is 4.03. The molecule has 0 aliphatic heterocycles. The van der Waals surface area contributed by atoms with Crippen LogP contribution in [0.2, 0.25) is 5.02 Å². The number of alkyl halides is 1. The highest BCUT2D eigenvalue weighted by molar-refractivity contribution is 9.08. The van der Waals surface area contributed by atoms with Crippen molar-refractivity contribution in [3.63, 3.8) is 0 Å². The maximum Gasteiger partial charge on any atom is 0.0410 e. The van der Waals surface area contributed by atoms with Crippen molar-refractivity contribution in [3.05, 3.63) is 28.8 Å². The van der Waals surface area contributed by atoms with E-state index in [0.29, 0.717) is 0 Å². The van der Waals surface area contributed by atoms with Crippen LogP contribution in [0.1, 0.15) is 31.7 Å². The molecule has 1 fully saturated rings. The molecule has 1 aliphatic rings. The number of hydrogen-bond donors (Lipinski definition) is 0. The lowest BCUT2D eigenvalue weighted by atomic mass is 10.1. The van der Waals surface area contributed by atoms with E-state index in [-0.39, 0.29) is 0 Å². The van der Waals surface area contributed by atoms with Crippen LogP contribution in [-0.2, 0) is 5.33 Å². The predicted molar refractivity (Wildman–Crippen MR) is 79.3 cm³/mol. The maximum absolute atomic E-state index is 6.06. The lowest BCUT2D eigenvalue weighted by molar-refractivity contribution is 0.706. The number of anilines is 1. The van der Waals surface area contributed by atoms with Crippen LogP contribution in [0.4, 0.5) is 5.69 Å². The fourth-order valence-electron chi connectivity index (χ4n) is 2.16. The standard InChI is InChI=1S/C14H19BrClN/c1-2-7-17(10-11-3-4-11)14-6-5-13(16)8-12(14)9-15/h5-6,8,11H,2-4,7,9-10H2,1H3. The average Bonchev–Trinajstić information content (AvgIpc) is 3.12. The van der Waals surface area contributed by atoms with E-state index >= 15 is 0 Å². The Morgan fingerprint density at radius 2 is 2.18 bits per heavy atom. The van der Waals surface area contributed by atoms with Crippen LogP contribution in [0.5, 0.6) is 0 Å². The van der Waals surface area contributed by atoms with Gasteiger partial charge >= 0.3 is 0 Å². The van der Waals surface area contributed by atoms with Gasteiger partial charge in [-0.15, -0.1) is 0 Å². The molecule has 94 valence electrons. The van der Waals surface area contributed by atoms with Gasteiger partial charge in [0.2, 0.25) is 0 Å². The first-order valence-corrected chi connectivity index (χ1v) is 7.84. The topological polar surface area (TPSA) is 3.24 Å². The van der Waals surface area contributed by atoms with Crippen LogP contribution in [0, 0.1) is 5.92 Å². The molecule has 1 nitrogen and oxygen atoms in total. The zero-order valence-electron chi connectivity index (χ0n) is 10.3. The minimum Gasteiger partial charge on any atom is -0.371 e. The molecule has 0 bridgehead atoms. The number of halogens is 2. The monoisotopic (exact) mass is 315 g/mol. The van der Waals surface area contributed by atoms with Gasteiger partial charge in [0, 0.05) is 29.1 Å². The lowest BCUT2D eigenvalue weighted by Crippen LogP contribution is -2.27. The minimum absolute atomic E-state index is 0.825. The fraction of sp³-hybridized carbons (Fsp3) is 0.571. The van der Waals surface area contributed by atoms with E-state index in [1.54, 1.807) is 0 Å². The van der Waals surface area contributed by atoms with Gasteiger partial charge < -0.3 is 4.90 Å². The molecule has 0 atom stereocenters. The molecular formula is C14H19BrClN. The van der Waals surface area contributed by atoms with E-state index in [1.165, 1.54) is 37.1 Å². The molecule has 1 aromatic rings. The zero-order chi connectivity index (χ0) is 12.3. The Kier molecular flexibility index (Phi) is 4.75. The molecule has 17 heavy (non-hydrogen) atoms. The first kappa shape index (κ1) is 13.2. The molecule has 0 amide bonds. The first-order valence-electron chi connectivity index (χ1n) is 6.34. The van der Waals surface area contributed by atoms with Crippen molar-refractivity contribution in [1.82, 2.24) is 0 Å². The molecule has 1 aromatic carbocycles. The molecule has 0 spiro atoms. The zero-order valence-corrected chi connectivity index (χ0v) is 12.6. The molecule has 2 rings (SSSR count). The van der Waals surface area contributed by atoms with Crippen molar-refractivity contribution in [2.24, 2.45) is 5.92 Å². The summed E-state index contributed by atoms with van der Waals surface area (Å²) in [6.45, 7) is 4.58. The summed E-state index contributed by atoms with van der Waals surface area (Å²) in [6.07, 6.45) is 3.99. The van der Waals surface area contributed by atoms with Crippen molar-refractivity contribution in [2.75, 3.05) is 18.0 Å². The van der Waals surface area contributed by atoms with Crippen LogP contribution in [-0.4, -0.2) is 13.1 Å². The average molecular weight is 317 g/mol. The number of hydrogen-bond acceptors (Lipinski definition) is 1. The smallest absolute Gasteiger partial charge is 0.0410 e. The summed E-state index contributed by atoms with van der Waals surface area (Å²) in [5.74, 6) is 0.917. The van der Waals surface area contributed by atoms with Crippen molar-refractivity contribution >= 4 is 33.2 Å². The van der Waals surface area contributed by atoms with Crippen molar-refractivity contribution < 1.29 is 0 Å². The van der Waals surface area contributed by atoms with Gasteiger partial charge in [0.25, 0.3) is 0 Å². The normalized spacial score (nSPS) is 15.0. The predicted octanol–water partition coefficient (Wildman–Crippen LogP) is 4.86. The molecule has 0 radical (unpaired) electrons. The quantitative estimate of drug-likeness (QED) is 0.677. The Hall–Kier alpha value is -0.210. The summed E-state index contributed by atoms with van der Waals surface area (Å²) in [5, 5.41) is 1.69. The summed E-state index contributed by atoms with van der Waals surface area (Å²) in [4.78, 5) is 2.52. The Balaban J connectivity index is 2.20. The second-order valence-electron chi connectivity index (χ2n) is 4.80. The second-order valence-corrected chi connectivity index (χ2v) is 5.79. The van der Waals surface area contributed by atoms with Gasteiger partial charge in [0.15, 0.2) is 0 Å². The molecule has 0 aromatic heterocycles. The highest BCUT2D eigenvalue weighted by Crippen LogP contribution is 2.33. The Labute approximate surface area is 117 Å². The summed E-state index contributed by atoms with van der Waals surface area (Å²) >= 11 is 9.61. The Morgan fingerprint density at radius 1 is 1.41 bits per heavy atom. The van der Waals surface area contributed by atoms with E-state index < -0.39 is 0 Å². The third-order valence-electron chi connectivity index (χ3n) is 3.20. The van der Waals surface area contributed by atoms with Crippen molar-refractivity contribution in [2.45, 2.75) is 31.5 Å². The summed E-state index contributed by atoms with van der Waals surface area (Å²) in [7, 11) is 0. The highest BCUT2D eigenvalue weighted by Gasteiger charge is 2.24. The minimum atomic E-state index is 0.825. The van der Waals surface area contributed by atoms with E-state index in [0.717, 1.165) is 22.8 Å². The summed E-state index contributed by atoms with van der Waals surface area (Å²) in [6, 6.07) is 6.23. The molecule has 0 N–H and O–H groups in total. The first-order chi connectivity index (χ1) is 8.24. The number of benzene rings is 1. The van der Waals surface area contributed by atoms with E-state index in [9.17, 15) is 0 Å². The van der Waals surface area contributed by atoms with E-state index in [4.69, 9.17) is 11.6 Å². The number of rotatable bonds is 6. The lowest BCUT2D eigenvalue weighted by Gasteiger charge is -2.26. The van der Waals surface area contributed by atoms with Crippen LogP contribution in [0.15, 0.2) is 18.2 Å². The van der Waals surface area contributed by atoms with Crippen molar-refractivity contribution in [1.29, 1.82) is 0 Å². The van der Waals surface area contributed by atoms with Crippen molar-refractivity contribution in [3.8, 4) is 0 Å². The van der Waals surface area contributed by atoms with Crippen LogP contribution in [0.25, 0.3) is 0 Å². The van der Waals surface area contributed by atoms with Gasteiger partial charge in [-0.25, -0.2) is 0 Å². The molecule has 1 aliphatic carbocycles. The molecule has 0 unspecified atom stereocenters. The van der Waals surface area contributed by atoms with Gasteiger partial charge in [-0.05, 0) is 48.9 Å². The van der Waals surface area contributed by atoms with Gasteiger partial charge in [-0.1, -0.05) is 34.5 Å². The van der Waals surface area contributed by atoms with Crippen LogP contribution >= 0.6 is 27.5 Å². The van der Waals surface area contributed by atoms with Gasteiger partial charge in [0.1, 0.15) is 0 Å². The third kappa shape index (κ3) is 3.62. The second kappa shape index (κ2) is 6.10. The summed E-state index contributed by atoms with van der Waals surface area (Å²) < 4.78 is 0. The van der Waals surface area contributed by atoms with Gasteiger partial charge in [0.05, 0.1) is 0 Å². The molecule has 0 heterocycles. The molecule has 0 saturated heterocycles. The largest absolute Gasteiger partial charge is 0.371 e. The number of nitrogens with zero attached hydrogens (tertiary/aromatic N) is 1. The fourth-order valence-corrected chi connectivity index (χ4v) is 2.81. The van der Waals surface area contributed by atoms with E-state index in [2.05, 4.69) is 39.9 Å². The van der Waals surface area contributed by atoms with Crippen LogP contribution in [0.3, 0.4) is 0 Å². The molecule has 1 saturated carbocycles. The maximum atomic E-state index is 6.06. The SMILES string of the molecule is CCCN(CC1CC1)c1ccc(Cl)cc1CBr. The Bertz CT molecular complexity index is 376. The summed E-state index contributed by atoms with van der Waals surface area (Å²) in [5.41, 5.74) is 2.65. The molecular weight excluding hydrogens is 298 g/mol. The van der Waals surface area contributed by atoms with E-state index in [1.807, 2.05) is 6.07 Å². The van der Waals surface area contributed by atoms with Gasteiger partial charge in [-0.2, -0.15) is 0 Å². The van der Waals surface area contributed by atoms with Gasteiger partial charge in [-0.3, -0.25) is 0 Å².